The van der Waals surface area contributed by atoms with E-state index in [-0.39, 0.29) is 0 Å². The summed E-state index contributed by atoms with van der Waals surface area (Å²) in [5.74, 6) is 1.83. The molecule has 3 heteroatoms. The van der Waals surface area contributed by atoms with Crippen LogP contribution in [-0.4, -0.2) is 47.9 Å². The molecule has 3 nitrogen and oxygen atoms in total. The zero-order valence-electron chi connectivity index (χ0n) is 13.0. The second kappa shape index (κ2) is 6.46. The van der Waals surface area contributed by atoms with Gasteiger partial charge in [0.15, 0.2) is 0 Å². The Labute approximate surface area is 123 Å². The Bertz CT molecular complexity index is 324. The van der Waals surface area contributed by atoms with Crippen molar-refractivity contribution >= 4 is 5.91 Å². The third-order valence-electron chi connectivity index (χ3n) is 5.58. The molecule has 0 radical (unpaired) electrons. The smallest absolute Gasteiger partial charge is 0.225 e. The number of amides is 1. The van der Waals surface area contributed by atoms with Crippen LogP contribution in [0.4, 0.5) is 0 Å². The summed E-state index contributed by atoms with van der Waals surface area (Å²) in [6, 6.07) is 0.807. The largest absolute Gasteiger partial charge is 0.340 e. The highest BCUT2D eigenvalue weighted by Crippen LogP contribution is 2.33. The summed E-state index contributed by atoms with van der Waals surface area (Å²) >= 11 is 0. The minimum Gasteiger partial charge on any atom is -0.340 e. The van der Waals surface area contributed by atoms with Crippen molar-refractivity contribution in [2.45, 2.75) is 64.3 Å². The summed E-state index contributed by atoms with van der Waals surface area (Å²) < 4.78 is 0. The van der Waals surface area contributed by atoms with Crippen LogP contribution in [0.1, 0.15) is 58.3 Å². The fourth-order valence-corrected chi connectivity index (χ4v) is 4.10. The van der Waals surface area contributed by atoms with Crippen LogP contribution in [0.5, 0.6) is 0 Å². The monoisotopic (exact) mass is 278 g/mol. The Morgan fingerprint density at radius 1 is 0.950 bits per heavy atom. The van der Waals surface area contributed by atoms with Gasteiger partial charge in [0.25, 0.3) is 0 Å². The molecule has 2 aliphatic carbocycles. The van der Waals surface area contributed by atoms with E-state index in [9.17, 15) is 4.79 Å². The van der Waals surface area contributed by atoms with E-state index >= 15 is 0 Å². The van der Waals surface area contributed by atoms with E-state index in [1.807, 2.05) is 0 Å². The van der Waals surface area contributed by atoms with E-state index in [0.29, 0.717) is 11.8 Å². The van der Waals surface area contributed by atoms with Crippen LogP contribution in [0.3, 0.4) is 0 Å². The van der Waals surface area contributed by atoms with E-state index in [2.05, 4.69) is 16.7 Å². The fourth-order valence-electron chi connectivity index (χ4n) is 4.10. The molecular weight excluding hydrogens is 248 g/mol. The lowest BCUT2D eigenvalue weighted by atomic mass is 9.83. The van der Waals surface area contributed by atoms with E-state index < -0.39 is 0 Å². The summed E-state index contributed by atoms with van der Waals surface area (Å²) in [7, 11) is 0. The summed E-state index contributed by atoms with van der Waals surface area (Å²) in [5, 5.41) is 0. The van der Waals surface area contributed by atoms with Crippen LogP contribution in [0.2, 0.25) is 0 Å². The van der Waals surface area contributed by atoms with Crippen LogP contribution in [0.25, 0.3) is 0 Å². The van der Waals surface area contributed by atoms with Crippen molar-refractivity contribution in [3.05, 3.63) is 0 Å². The van der Waals surface area contributed by atoms with Crippen LogP contribution in [-0.2, 0) is 4.79 Å². The van der Waals surface area contributed by atoms with E-state index in [1.165, 1.54) is 38.5 Å². The van der Waals surface area contributed by atoms with Gasteiger partial charge >= 0.3 is 0 Å². The summed E-state index contributed by atoms with van der Waals surface area (Å²) in [6.07, 6.45) is 10.7. The van der Waals surface area contributed by atoms with Crippen LogP contribution < -0.4 is 0 Å². The molecule has 20 heavy (non-hydrogen) atoms. The SMILES string of the molecule is CCCC1CCC(N2CCN(C(=O)C3CC3)CC2)CC1. The highest BCUT2D eigenvalue weighted by Gasteiger charge is 2.35. The number of carbonyl (C=O) groups is 1. The third kappa shape index (κ3) is 3.36. The number of nitrogens with zero attached hydrogens (tertiary/aromatic N) is 2. The van der Waals surface area contributed by atoms with Gasteiger partial charge in [0.05, 0.1) is 0 Å². The average molecular weight is 278 g/mol. The predicted octanol–water partition coefficient (Wildman–Crippen LogP) is 2.90. The highest BCUT2D eigenvalue weighted by molar-refractivity contribution is 5.81. The Balaban J connectivity index is 1.41. The molecule has 0 aromatic carbocycles. The second-order valence-electron chi connectivity index (χ2n) is 7.10. The fraction of sp³-hybridized carbons (Fsp3) is 0.941. The van der Waals surface area contributed by atoms with Gasteiger partial charge < -0.3 is 4.90 Å². The molecule has 114 valence electrons. The Morgan fingerprint density at radius 3 is 2.15 bits per heavy atom. The lowest BCUT2D eigenvalue weighted by Crippen LogP contribution is -2.52. The van der Waals surface area contributed by atoms with Gasteiger partial charge in [0.2, 0.25) is 5.91 Å². The highest BCUT2D eigenvalue weighted by atomic mass is 16.2. The first-order valence-corrected chi connectivity index (χ1v) is 8.80. The first-order valence-electron chi connectivity index (χ1n) is 8.80. The zero-order valence-corrected chi connectivity index (χ0v) is 13.0. The molecule has 3 aliphatic rings. The van der Waals surface area contributed by atoms with Crippen molar-refractivity contribution in [2.24, 2.45) is 11.8 Å². The summed E-state index contributed by atoms with van der Waals surface area (Å²) in [4.78, 5) is 16.9. The molecule has 1 aliphatic heterocycles. The number of hydrogen-bond acceptors (Lipinski definition) is 2. The van der Waals surface area contributed by atoms with E-state index in [4.69, 9.17) is 0 Å². The van der Waals surface area contributed by atoms with Gasteiger partial charge in [-0.2, -0.15) is 0 Å². The molecule has 3 rings (SSSR count). The standard InChI is InChI=1S/C17H30N2O/c1-2-3-14-4-8-16(9-5-14)18-10-12-19(13-11-18)17(20)15-6-7-15/h14-16H,2-13H2,1H3. The Kier molecular flexibility index (Phi) is 4.65. The molecule has 0 unspecified atom stereocenters. The van der Waals surface area contributed by atoms with Crippen molar-refractivity contribution in [2.75, 3.05) is 26.2 Å². The van der Waals surface area contributed by atoms with Crippen LogP contribution >= 0.6 is 0 Å². The molecule has 1 heterocycles. The van der Waals surface area contributed by atoms with E-state index in [0.717, 1.165) is 51.0 Å². The summed E-state index contributed by atoms with van der Waals surface area (Å²) in [6.45, 7) is 6.49. The molecular formula is C17H30N2O. The lowest BCUT2D eigenvalue weighted by molar-refractivity contribution is -0.134. The first kappa shape index (κ1) is 14.4. The molecule has 0 N–H and O–H groups in total. The molecule has 3 fully saturated rings. The molecule has 1 amide bonds. The molecule has 0 spiro atoms. The van der Waals surface area contributed by atoms with Gasteiger partial charge in [0.1, 0.15) is 0 Å². The quantitative estimate of drug-likeness (QED) is 0.789. The topological polar surface area (TPSA) is 23.6 Å². The van der Waals surface area contributed by atoms with Gasteiger partial charge in [-0.3, -0.25) is 9.69 Å². The van der Waals surface area contributed by atoms with Gasteiger partial charge in [-0.15, -0.1) is 0 Å². The molecule has 0 atom stereocenters. The maximum absolute atomic E-state index is 12.1. The average Bonchev–Trinajstić information content (AvgIpc) is 3.33. The third-order valence-corrected chi connectivity index (χ3v) is 5.58. The molecule has 2 saturated carbocycles. The van der Waals surface area contributed by atoms with Crippen molar-refractivity contribution < 1.29 is 4.79 Å². The predicted molar refractivity (Wildman–Crippen MR) is 81.5 cm³/mol. The molecule has 1 saturated heterocycles. The maximum atomic E-state index is 12.1. The first-order chi connectivity index (χ1) is 9.78. The number of piperazine rings is 1. The summed E-state index contributed by atoms with van der Waals surface area (Å²) in [5.41, 5.74) is 0. The van der Waals surface area contributed by atoms with E-state index in [1.54, 1.807) is 0 Å². The minimum absolute atomic E-state index is 0.394. The molecule has 0 bridgehead atoms. The van der Waals surface area contributed by atoms with Crippen molar-refractivity contribution in [3.63, 3.8) is 0 Å². The number of carbonyl (C=O) groups excluding carboxylic acids is 1. The van der Waals surface area contributed by atoms with Crippen molar-refractivity contribution in [1.29, 1.82) is 0 Å². The molecule has 0 aromatic rings. The molecule has 0 aromatic heterocycles. The van der Waals surface area contributed by atoms with Crippen molar-refractivity contribution in [3.8, 4) is 0 Å². The van der Waals surface area contributed by atoms with Gasteiger partial charge in [-0.1, -0.05) is 19.8 Å². The van der Waals surface area contributed by atoms with Gasteiger partial charge in [-0.25, -0.2) is 0 Å². The second-order valence-corrected chi connectivity index (χ2v) is 7.10. The Morgan fingerprint density at radius 2 is 1.60 bits per heavy atom. The van der Waals surface area contributed by atoms with Crippen LogP contribution in [0.15, 0.2) is 0 Å². The lowest BCUT2D eigenvalue weighted by Gasteiger charge is -2.42. The minimum atomic E-state index is 0.394. The van der Waals surface area contributed by atoms with Crippen LogP contribution in [0, 0.1) is 11.8 Å². The van der Waals surface area contributed by atoms with Gasteiger partial charge in [0, 0.05) is 38.1 Å². The number of hydrogen-bond donors (Lipinski definition) is 0. The maximum Gasteiger partial charge on any atom is 0.225 e. The van der Waals surface area contributed by atoms with Gasteiger partial charge in [-0.05, 0) is 44.4 Å². The zero-order chi connectivity index (χ0) is 13.9. The number of rotatable bonds is 4. The van der Waals surface area contributed by atoms with Crippen molar-refractivity contribution in [1.82, 2.24) is 9.80 Å². The Hall–Kier alpha value is -0.570. The normalized spacial score (nSPS) is 32.4.